The second-order valence-electron chi connectivity index (χ2n) is 8.56. The first-order valence-corrected chi connectivity index (χ1v) is 12.5. The maximum absolute atomic E-state index is 3.26. The van der Waals surface area contributed by atoms with Crippen molar-refractivity contribution in [2.75, 3.05) is 0 Å². The molecule has 0 heterocycles. The van der Waals surface area contributed by atoms with Crippen LogP contribution in [0.3, 0.4) is 0 Å². The van der Waals surface area contributed by atoms with Gasteiger partial charge in [0.25, 0.3) is 0 Å². The molecule has 0 spiro atoms. The Hall–Kier alpha value is 0.430. The van der Waals surface area contributed by atoms with Gasteiger partial charge in [-0.2, -0.15) is 0 Å². The lowest BCUT2D eigenvalue weighted by Gasteiger charge is -2.29. The zero-order valence-corrected chi connectivity index (χ0v) is 19.4. The fourth-order valence-electron chi connectivity index (χ4n) is 3.93. The van der Waals surface area contributed by atoms with E-state index >= 15 is 0 Å². The van der Waals surface area contributed by atoms with Crippen LogP contribution < -0.4 is 0 Å². The third-order valence-electron chi connectivity index (χ3n) is 5.83. The van der Waals surface area contributed by atoms with Crippen molar-refractivity contribution in [1.29, 1.82) is 0 Å². The average molecular weight is 371 g/mol. The van der Waals surface area contributed by atoms with E-state index in [1.54, 1.807) is 0 Å². The van der Waals surface area contributed by atoms with Crippen molar-refractivity contribution in [3.05, 3.63) is 0 Å². The van der Waals surface area contributed by atoms with Crippen molar-refractivity contribution in [2.24, 2.45) is 0 Å². The van der Waals surface area contributed by atoms with Crippen molar-refractivity contribution in [3.63, 3.8) is 0 Å². The average Bonchev–Trinajstić information content (AvgIpc) is 2.62. The van der Waals surface area contributed by atoms with Crippen LogP contribution in [0, 0.1) is 0 Å². The summed E-state index contributed by atoms with van der Waals surface area (Å²) in [6.07, 6.45) is 28.8. The minimum Gasteiger partial charge on any atom is -0.131 e. The molecule has 1 atom stereocenters. The Morgan fingerprint density at radius 2 is 0.680 bits per heavy atom. The summed E-state index contributed by atoms with van der Waals surface area (Å²) in [5.74, 6) is 0. The van der Waals surface area contributed by atoms with Gasteiger partial charge < -0.3 is 0 Å². The molecule has 0 aliphatic rings. The van der Waals surface area contributed by atoms with Crippen LogP contribution in [0.1, 0.15) is 149 Å². The molecule has 0 aliphatic heterocycles. The molecule has 0 amide bonds. The van der Waals surface area contributed by atoms with Crippen molar-refractivity contribution in [2.45, 2.75) is 154 Å². The van der Waals surface area contributed by atoms with Gasteiger partial charge in [-0.3, -0.25) is 0 Å². The summed E-state index contributed by atoms with van der Waals surface area (Å²) in [4.78, 5) is 0. The Morgan fingerprint density at radius 3 is 1.04 bits per heavy atom. The summed E-state index contributed by atoms with van der Waals surface area (Å²) < 4.78 is 0. The maximum atomic E-state index is 3.26. The molecule has 0 saturated heterocycles. The van der Waals surface area contributed by atoms with Crippen LogP contribution in [0.4, 0.5) is 0 Å². The van der Waals surface area contributed by atoms with Gasteiger partial charge in [0, 0.05) is 0 Å². The molecular formula is C24H51P. The van der Waals surface area contributed by atoms with E-state index in [0.29, 0.717) is 5.16 Å². The number of rotatable bonds is 20. The largest absolute Gasteiger partial charge is 0.131 e. The summed E-state index contributed by atoms with van der Waals surface area (Å²) in [5.41, 5.74) is 0. The van der Waals surface area contributed by atoms with Gasteiger partial charge in [0.15, 0.2) is 0 Å². The highest BCUT2D eigenvalue weighted by Gasteiger charge is 2.22. The van der Waals surface area contributed by atoms with Gasteiger partial charge in [0.2, 0.25) is 0 Å². The highest BCUT2D eigenvalue weighted by Crippen LogP contribution is 2.36. The van der Waals surface area contributed by atoms with E-state index in [1.165, 1.54) is 128 Å². The topological polar surface area (TPSA) is 0 Å². The molecule has 0 aliphatic carbocycles. The molecule has 1 heteroatoms. The molecule has 0 nitrogen and oxygen atoms in total. The predicted molar refractivity (Wildman–Crippen MR) is 122 cm³/mol. The smallest absolute Gasteiger partial charge is 0.0150 e. The van der Waals surface area contributed by atoms with Crippen LogP contribution in [-0.2, 0) is 0 Å². The quantitative estimate of drug-likeness (QED) is 0.148. The van der Waals surface area contributed by atoms with Crippen LogP contribution in [0.15, 0.2) is 0 Å². The lowest BCUT2D eigenvalue weighted by molar-refractivity contribution is 0.415. The number of hydrogen-bond donors (Lipinski definition) is 0. The van der Waals surface area contributed by atoms with Crippen LogP contribution in [0.5, 0.6) is 0 Å². The predicted octanol–water partition coefficient (Wildman–Crippen LogP) is 9.46. The zero-order valence-electron chi connectivity index (χ0n) is 18.2. The van der Waals surface area contributed by atoms with Gasteiger partial charge in [0.1, 0.15) is 0 Å². The van der Waals surface area contributed by atoms with Crippen LogP contribution in [0.25, 0.3) is 0 Å². The van der Waals surface area contributed by atoms with Crippen LogP contribution in [-0.4, -0.2) is 5.16 Å². The molecule has 0 fully saturated rings. The van der Waals surface area contributed by atoms with E-state index in [1.807, 2.05) is 0 Å². The molecule has 0 rings (SSSR count). The van der Waals surface area contributed by atoms with Crippen molar-refractivity contribution < 1.29 is 0 Å². The fourth-order valence-corrected chi connectivity index (χ4v) is 4.54. The van der Waals surface area contributed by atoms with E-state index in [9.17, 15) is 0 Å². The van der Waals surface area contributed by atoms with Crippen LogP contribution >= 0.6 is 9.24 Å². The first-order chi connectivity index (χ1) is 12.2. The van der Waals surface area contributed by atoms with E-state index < -0.39 is 0 Å². The summed E-state index contributed by atoms with van der Waals surface area (Å²) in [6, 6.07) is 0. The summed E-state index contributed by atoms with van der Waals surface area (Å²) in [7, 11) is 3.26. The normalized spacial score (nSPS) is 12.0. The van der Waals surface area contributed by atoms with Crippen molar-refractivity contribution in [1.82, 2.24) is 0 Å². The SMILES string of the molecule is CCCCCCCCCCCCCCCC(P)(CCCC)CCCC. The lowest BCUT2D eigenvalue weighted by atomic mass is 9.89. The second-order valence-corrected chi connectivity index (χ2v) is 9.79. The first kappa shape index (κ1) is 25.4. The molecule has 0 aromatic carbocycles. The van der Waals surface area contributed by atoms with Crippen molar-refractivity contribution >= 4 is 9.24 Å². The minimum atomic E-state index is 0.559. The molecular weight excluding hydrogens is 319 g/mol. The van der Waals surface area contributed by atoms with E-state index in [4.69, 9.17) is 0 Å². The second kappa shape index (κ2) is 19.2. The lowest BCUT2D eigenvalue weighted by Crippen LogP contribution is -2.20. The minimum absolute atomic E-state index is 0.559. The summed E-state index contributed by atoms with van der Waals surface area (Å²) in [6.45, 7) is 6.96. The van der Waals surface area contributed by atoms with Crippen molar-refractivity contribution in [3.8, 4) is 0 Å². The van der Waals surface area contributed by atoms with E-state index in [2.05, 4.69) is 30.0 Å². The molecule has 25 heavy (non-hydrogen) atoms. The Balaban J connectivity index is 3.47. The van der Waals surface area contributed by atoms with Gasteiger partial charge in [-0.25, -0.2) is 0 Å². The highest BCUT2D eigenvalue weighted by molar-refractivity contribution is 7.19. The monoisotopic (exact) mass is 370 g/mol. The Bertz CT molecular complexity index is 240. The first-order valence-electron chi connectivity index (χ1n) is 12.0. The molecule has 0 aromatic heterocycles. The van der Waals surface area contributed by atoms with Gasteiger partial charge in [-0.1, -0.05) is 130 Å². The van der Waals surface area contributed by atoms with Gasteiger partial charge in [-0.15, -0.1) is 9.24 Å². The molecule has 0 radical (unpaired) electrons. The van der Waals surface area contributed by atoms with E-state index in [-0.39, 0.29) is 0 Å². The molecule has 152 valence electrons. The van der Waals surface area contributed by atoms with Crippen LogP contribution in [0.2, 0.25) is 0 Å². The zero-order chi connectivity index (χ0) is 18.6. The summed E-state index contributed by atoms with van der Waals surface area (Å²) in [5, 5.41) is 0.559. The van der Waals surface area contributed by atoms with Gasteiger partial charge >= 0.3 is 0 Å². The number of unbranched alkanes of at least 4 members (excludes halogenated alkanes) is 14. The van der Waals surface area contributed by atoms with Gasteiger partial charge in [-0.05, 0) is 24.4 Å². The van der Waals surface area contributed by atoms with E-state index in [0.717, 1.165) is 0 Å². The molecule has 1 unspecified atom stereocenters. The highest BCUT2D eigenvalue weighted by atomic mass is 31.0. The Morgan fingerprint density at radius 1 is 0.400 bits per heavy atom. The molecule has 0 bridgehead atoms. The number of hydrogen-bond acceptors (Lipinski definition) is 0. The standard InChI is InChI=1S/C24H51P/c1-4-7-10-11-12-13-14-15-16-17-18-19-20-23-24(25,21-8-5-2)22-9-6-3/h4-23,25H2,1-3H3. The fraction of sp³-hybridized carbons (Fsp3) is 1.00. The summed E-state index contributed by atoms with van der Waals surface area (Å²) >= 11 is 0. The van der Waals surface area contributed by atoms with Gasteiger partial charge in [0.05, 0.1) is 0 Å². The molecule has 0 aromatic rings. The molecule has 0 saturated carbocycles. The molecule has 0 N–H and O–H groups in total. The Labute approximate surface area is 163 Å². The third-order valence-corrected chi connectivity index (χ3v) is 6.70. The maximum Gasteiger partial charge on any atom is -0.0150 e. The Kier molecular flexibility index (Phi) is 19.5. The third kappa shape index (κ3) is 17.6.